The fourth-order valence-corrected chi connectivity index (χ4v) is 4.23. The molecule has 0 saturated heterocycles. The molecule has 0 amide bonds. The van der Waals surface area contributed by atoms with E-state index in [1.807, 2.05) is 0 Å². The van der Waals surface area contributed by atoms with Crippen LogP contribution in [-0.2, 0) is 0 Å². The van der Waals surface area contributed by atoms with Gasteiger partial charge in [-0.1, -0.05) is 33.1 Å². The van der Waals surface area contributed by atoms with E-state index < -0.39 is 0 Å². The van der Waals surface area contributed by atoms with Crippen molar-refractivity contribution in [3.8, 4) is 0 Å². The molecule has 2 unspecified atom stereocenters. The standard InChI is InChI=1S/C14H28N2/c1-3-16(13-8-4-5-9-13)14(11-15)10-6-7-12(14)2/h12-13H,3-11,15H2,1-2H3. The number of hydrogen-bond donors (Lipinski definition) is 1. The Morgan fingerprint density at radius 3 is 2.31 bits per heavy atom. The highest BCUT2D eigenvalue weighted by molar-refractivity contribution is 5.02. The van der Waals surface area contributed by atoms with E-state index in [1.165, 1.54) is 51.5 Å². The molecule has 2 rings (SSSR count). The average molecular weight is 224 g/mol. The van der Waals surface area contributed by atoms with Crippen LogP contribution in [0.15, 0.2) is 0 Å². The van der Waals surface area contributed by atoms with Crippen molar-refractivity contribution >= 4 is 0 Å². The van der Waals surface area contributed by atoms with Gasteiger partial charge in [-0.15, -0.1) is 0 Å². The summed E-state index contributed by atoms with van der Waals surface area (Å²) in [6.45, 7) is 6.78. The molecule has 2 aliphatic rings. The van der Waals surface area contributed by atoms with Crippen LogP contribution in [0.5, 0.6) is 0 Å². The van der Waals surface area contributed by atoms with E-state index in [2.05, 4.69) is 18.7 Å². The van der Waals surface area contributed by atoms with Crippen molar-refractivity contribution in [3.63, 3.8) is 0 Å². The molecule has 2 fully saturated rings. The van der Waals surface area contributed by atoms with E-state index in [-0.39, 0.29) is 0 Å². The Morgan fingerprint density at radius 2 is 1.88 bits per heavy atom. The third kappa shape index (κ3) is 1.91. The van der Waals surface area contributed by atoms with Crippen molar-refractivity contribution in [2.75, 3.05) is 13.1 Å². The van der Waals surface area contributed by atoms with Crippen LogP contribution in [-0.4, -0.2) is 29.6 Å². The summed E-state index contributed by atoms with van der Waals surface area (Å²) in [7, 11) is 0. The highest BCUT2D eigenvalue weighted by Crippen LogP contribution is 2.42. The first-order valence-corrected chi connectivity index (χ1v) is 7.21. The highest BCUT2D eigenvalue weighted by Gasteiger charge is 2.45. The zero-order chi connectivity index (χ0) is 11.6. The highest BCUT2D eigenvalue weighted by atomic mass is 15.2. The predicted octanol–water partition coefficient (Wildman–Crippen LogP) is 2.77. The summed E-state index contributed by atoms with van der Waals surface area (Å²) in [6, 6.07) is 0.828. The fourth-order valence-electron chi connectivity index (χ4n) is 4.23. The molecule has 2 atom stereocenters. The molecule has 0 aromatic carbocycles. The van der Waals surface area contributed by atoms with Crippen molar-refractivity contribution < 1.29 is 0 Å². The van der Waals surface area contributed by atoms with Crippen molar-refractivity contribution in [1.82, 2.24) is 4.90 Å². The molecule has 94 valence electrons. The molecule has 0 aromatic rings. The summed E-state index contributed by atoms with van der Waals surface area (Å²) in [4.78, 5) is 2.78. The largest absolute Gasteiger partial charge is 0.329 e. The Bertz CT molecular complexity index is 223. The van der Waals surface area contributed by atoms with Crippen LogP contribution < -0.4 is 5.73 Å². The maximum atomic E-state index is 6.16. The minimum atomic E-state index is 0.337. The van der Waals surface area contributed by atoms with Gasteiger partial charge >= 0.3 is 0 Å². The molecule has 2 saturated carbocycles. The van der Waals surface area contributed by atoms with Crippen molar-refractivity contribution in [1.29, 1.82) is 0 Å². The molecule has 2 N–H and O–H groups in total. The molecule has 2 heteroatoms. The predicted molar refractivity (Wildman–Crippen MR) is 69.4 cm³/mol. The van der Waals surface area contributed by atoms with Gasteiger partial charge in [0, 0.05) is 18.1 Å². The number of nitrogens with two attached hydrogens (primary N) is 1. The molecule has 0 radical (unpaired) electrons. The van der Waals surface area contributed by atoms with Gasteiger partial charge in [0.15, 0.2) is 0 Å². The van der Waals surface area contributed by atoms with Gasteiger partial charge in [-0.3, -0.25) is 4.90 Å². The van der Waals surface area contributed by atoms with Crippen LogP contribution in [0, 0.1) is 5.92 Å². The number of rotatable bonds is 4. The summed E-state index contributed by atoms with van der Waals surface area (Å²) < 4.78 is 0. The Morgan fingerprint density at radius 1 is 1.19 bits per heavy atom. The first kappa shape index (κ1) is 12.4. The Labute approximate surface area is 101 Å². The minimum Gasteiger partial charge on any atom is -0.329 e. The zero-order valence-corrected chi connectivity index (χ0v) is 11.0. The second-order valence-electron chi connectivity index (χ2n) is 5.83. The van der Waals surface area contributed by atoms with Crippen LogP contribution in [0.3, 0.4) is 0 Å². The normalized spacial score (nSPS) is 36.4. The summed E-state index contributed by atoms with van der Waals surface area (Å²) in [5.74, 6) is 0.790. The minimum absolute atomic E-state index is 0.337. The molecular formula is C14H28N2. The van der Waals surface area contributed by atoms with Crippen molar-refractivity contribution in [2.45, 2.75) is 70.4 Å². The van der Waals surface area contributed by atoms with Crippen LogP contribution in [0.1, 0.15) is 58.8 Å². The monoisotopic (exact) mass is 224 g/mol. The van der Waals surface area contributed by atoms with Gasteiger partial charge in [-0.25, -0.2) is 0 Å². The topological polar surface area (TPSA) is 29.3 Å². The molecule has 0 aromatic heterocycles. The summed E-state index contributed by atoms with van der Waals surface area (Å²) in [5, 5.41) is 0. The van der Waals surface area contributed by atoms with Gasteiger partial charge in [0.1, 0.15) is 0 Å². The van der Waals surface area contributed by atoms with Gasteiger partial charge < -0.3 is 5.73 Å². The lowest BCUT2D eigenvalue weighted by atomic mass is 9.84. The third-order valence-corrected chi connectivity index (χ3v) is 5.20. The average Bonchev–Trinajstić information content (AvgIpc) is 2.91. The number of nitrogens with zero attached hydrogens (tertiary/aromatic N) is 1. The molecule has 0 bridgehead atoms. The molecule has 2 nitrogen and oxygen atoms in total. The quantitative estimate of drug-likeness (QED) is 0.795. The molecule has 16 heavy (non-hydrogen) atoms. The molecule has 0 spiro atoms. The molecule has 0 heterocycles. The van der Waals surface area contributed by atoms with E-state index in [0.29, 0.717) is 5.54 Å². The smallest absolute Gasteiger partial charge is 0.0360 e. The van der Waals surface area contributed by atoms with Crippen LogP contribution in [0.4, 0.5) is 0 Å². The summed E-state index contributed by atoms with van der Waals surface area (Å²) in [6.07, 6.45) is 9.74. The molecular weight excluding hydrogens is 196 g/mol. The number of likely N-dealkylation sites (N-methyl/N-ethyl adjacent to an activating group) is 1. The summed E-state index contributed by atoms with van der Waals surface area (Å²) in [5.41, 5.74) is 6.50. The lowest BCUT2D eigenvalue weighted by molar-refractivity contribution is 0.0296. The molecule has 0 aliphatic heterocycles. The van der Waals surface area contributed by atoms with Gasteiger partial charge in [-0.2, -0.15) is 0 Å². The van der Waals surface area contributed by atoms with E-state index in [4.69, 9.17) is 5.73 Å². The maximum absolute atomic E-state index is 6.16. The SMILES string of the molecule is CCN(C1CCCC1)C1(CN)CCCC1C. The Hall–Kier alpha value is -0.0800. The summed E-state index contributed by atoms with van der Waals surface area (Å²) >= 11 is 0. The lowest BCUT2D eigenvalue weighted by Gasteiger charge is -2.47. The Kier molecular flexibility index (Phi) is 3.91. The van der Waals surface area contributed by atoms with Crippen LogP contribution in [0.2, 0.25) is 0 Å². The second kappa shape index (κ2) is 5.05. The molecule has 2 aliphatic carbocycles. The third-order valence-electron chi connectivity index (χ3n) is 5.20. The van der Waals surface area contributed by atoms with Gasteiger partial charge in [-0.05, 0) is 38.1 Å². The van der Waals surface area contributed by atoms with E-state index in [0.717, 1.165) is 18.5 Å². The first-order chi connectivity index (χ1) is 7.74. The van der Waals surface area contributed by atoms with Crippen LogP contribution in [0.25, 0.3) is 0 Å². The Balaban J connectivity index is 2.16. The zero-order valence-electron chi connectivity index (χ0n) is 11.0. The van der Waals surface area contributed by atoms with Crippen LogP contribution >= 0.6 is 0 Å². The second-order valence-corrected chi connectivity index (χ2v) is 5.83. The van der Waals surface area contributed by atoms with Gasteiger partial charge in [0.2, 0.25) is 0 Å². The first-order valence-electron chi connectivity index (χ1n) is 7.21. The van der Waals surface area contributed by atoms with Gasteiger partial charge in [0.25, 0.3) is 0 Å². The lowest BCUT2D eigenvalue weighted by Crippen LogP contribution is -2.58. The van der Waals surface area contributed by atoms with Crippen molar-refractivity contribution in [2.24, 2.45) is 11.7 Å². The van der Waals surface area contributed by atoms with E-state index in [1.54, 1.807) is 0 Å². The maximum Gasteiger partial charge on any atom is 0.0360 e. The van der Waals surface area contributed by atoms with E-state index >= 15 is 0 Å². The number of hydrogen-bond acceptors (Lipinski definition) is 2. The van der Waals surface area contributed by atoms with E-state index in [9.17, 15) is 0 Å². The van der Waals surface area contributed by atoms with Crippen molar-refractivity contribution in [3.05, 3.63) is 0 Å². The van der Waals surface area contributed by atoms with Gasteiger partial charge in [0.05, 0.1) is 0 Å². The fraction of sp³-hybridized carbons (Fsp3) is 1.00.